The first-order valence-corrected chi connectivity index (χ1v) is 13.3. The average molecular weight is 508 g/mol. The number of carbonyl (C=O) groups excluding carboxylic acids is 2. The number of thioether (sulfide) groups is 1. The topological polar surface area (TPSA) is 63.1 Å². The monoisotopic (exact) mass is 507 g/mol. The summed E-state index contributed by atoms with van der Waals surface area (Å²) in [5.41, 5.74) is 5.55. The number of hydrogen-bond acceptors (Lipinski definition) is 3. The van der Waals surface area contributed by atoms with E-state index >= 15 is 0 Å². The summed E-state index contributed by atoms with van der Waals surface area (Å²) in [5, 5.41) is 8.02. The first kappa shape index (κ1) is 24.7. The van der Waals surface area contributed by atoms with Gasteiger partial charge in [0.15, 0.2) is 0 Å². The van der Waals surface area contributed by atoms with Crippen LogP contribution < -0.4 is 10.6 Å². The van der Waals surface area contributed by atoms with E-state index in [0.717, 1.165) is 33.6 Å². The van der Waals surface area contributed by atoms with E-state index in [0.29, 0.717) is 11.3 Å². The Morgan fingerprint density at radius 3 is 2.32 bits per heavy atom. The molecule has 5 nitrogen and oxygen atoms in total. The van der Waals surface area contributed by atoms with Crippen LogP contribution in [0.2, 0.25) is 0 Å². The second kappa shape index (κ2) is 10.5. The molecule has 0 bridgehead atoms. The molecule has 6 heteroatoms. The van der Waals surface area contributed by atoms with Crippen molar-refractivity contribution < 1.29 is 9.59 Å². The highest BCUT2D eigenvalue weighted by molar-refractivity contribution is 8.00. The van der Waals surface area contributed by atoms with Crippen LogP contribution in [0.5, 0.6) is 0 Å². The quantitative estimate of drug-likeness (QED) is 0.224. The van der Waals surface area contributed by atoms with Crippen molar-refractivity contribution in [3.05, 3.63) is 102 Å². The highest BCUT2D eigenvalue weighted by Crippen LogP contribution is 2.32. The Morgan fingerprint density at radius 1 is 0.811 bits per heavy atom. The lowest BCUT2D eigenvalue weighted by molar-refractivity contribution is -0.115. The van der Waals surface area contributed by atoms with Crippen molar-refractivity contribution in [1.82, 2.24) is 4.57 Å². The number of nitrogens with one attached hydrogen (secondary N) is 2. The molecule has 0 saturated heterocycles. The van der Waals surface area contributed by atoms with Crippen molar-refractivity contribution in [2.24, 2.45) is 0 Å². The summed E-state index contributed by atoms with van der Waals surface area (Å²) in [4.78, 5) is 26.5. The molecule has 5 rings (SSSR count). The van der Waals surface area contributed by atoms with Gasteiger partial charge in [0, 0.05) is 50.2 Å². The smallest absolute Gasteiger partial charge is 0.255 e. The van der Waals surface area contributed by atoms with Crippen molar-refractivity contribution in [1.29, 1.82) is 0 Å². The minimum Gasteiger partial charge on any atom is -0.341 e. The fraction of sp³-hybridized carbons (Fsp3) is 0.161. The van der Waals surface area contributed by atoms with Gasteiger partial charge in [-0.25, -0.2) is 0 Å². The Labute approximate surface area is 220 Å². The van der Waals surface area contributed by atoms with Gasteiger partial charge in [-0.3, -0.25) is 9.59 Å². The van der Waals surface area contributed by atoms with Crippen LogP contribution in [0.4, 0.5) is 11.4 Å². The summed E-state index contributed by atoms with van der Waals surface area (Å²) in [6.45, 7) is 6.90. The lowest BCUT2D eigenvalue weighted by atomic mass is 10.1. The van der Waals surface area contributed by atoms with E-state index in [9.17, 15) is 9.59 Å². The predicted molar refractivity (Wildman–Crippen MR) is 155 cm³/mol. The minimum absolute atomic E-state index is 0.0716. The van der Waals surface area contributed by atoms with Crippen molar-refractivity contribution in [3.8, 4) is 0 Å². The van der Waals surface area contributed by atoms with Gasteiger partial charge >= 0.3 is 0 Å². The molecule has 2 N–H and O–H groups in total. The predicted octanol–water partition coefficient (Wildman–Crippen LogP) is 7.49. The lowest BCUT2D eigenvalue weighted by Gasteiger charge is -2.13. The fourth-order valence-corrected chi connectivity index (χ4v) is 5.46. The number of carbonyl (C=O) groups is 2. The van der Waals surface area contributed by atoms with Crippen LogP contribution >= 0.6 is 11.8 Å². The summed E-state index contributed by atoms with van der Waals surface area (Å²) < 4.78 is 2.29. The summed E-state index contributed by atoms with van der Waals surface area (Å²) >= 11 is 1.46. The Morgan fingerprint density at radius 2 is 1.54 bits per heavy atom. The van der Waals surface area contributed by atoms with E-state index in [1.807, 2.05) is 74.5 Å². The molecule has 0 aliphatic rings. The van der Waals surface area contributed by atoms with Crippen LogP contribution in [0.25, 0.3) is 21.8 Å². The molecule has 1 heterocycles. The summed E-state index contributed by atoms with van der Waals surface area (Å²) in [5.74, 6) is -0.231. The molecule has 0 fully saturated rings. The zero-order chi connectivity index (χ0) is 25.9. The van der Waals surface area contributed by atoms with Crippen molar-refractivity contribution in [2.75, 3.05) is 10.6 Å². The van der Waals surface area contributed by atoms with Crippen LogP contribution in [0.3, 0.4) is 0 Å². The second-order valence-corrected chi connectivity index (χ2v) is 10.5. The van der Waals surface area contributed by atoms with Crippen molar-refractivity contribution in [3.63, 3.8) is 0 Å². The highest BCUT2D eigenvalue weighted by atomic mass is 32.2. The van der Waals surface area contributed by atoms with Gasteiger partial charge in [-0.15, -0.1) is 11.8 Å². The number of amides is 2. The second-order valence-electron chi connectivity index (χ2n) is 9.09. The standard InChI is InChI=1S/C31H29N3O2S/c1-4-34-28-11-6-5-10-26(28)27-19-24(16-17-29(27)34)32-30(35)21(3)37-25-9-7-8-23(18-25)33-31(36)22-14-12-20(2)13-15-22/h5-19,21H,4H2,1-3H3,(H,32,35)(H,33,36). The maximum Gasteiger partial charge on any atom is 0.255 e. The number of rotatable bonds is 7. The third kappa shape index (κ3) is 5.25. The summed E-state index contributed by atoms with van der Waals surface area (Å²) in [6, 6.07) is 29.5. The van der Waals surface area contributed by atoms with Gasteiger partial charge in [0.25, 0.3) is 5.91 Å². The molecule has 0 aliphatic heterocycles. The van der Waals surface area contributed by atoms with Crippen LogP contribution in [-0.4, -0.2) is 21.6 Å². The third-order valence-corrected chi connectivity index (χ3v) is 7.54. The maximum absolute atomic E-state index is 13.0. The number of aryl methyl sites for hydroxylation is 2. The van der Waals surface area contributed by atoms with E-state index in [1.165, 1.54) is 22.7 Å². The van der Waals surface area contributed by atoms with Crippen LogP contribution in [0, 0.1) is 6.92 Å². The Kier molecular flexibility index (Phi) is 7.01. The Balaban J connectivity index is 1.27. The number of benzene rings is 4. The van der Waals surface area contributed by atoms with Crippen molar-refractivity contribution >= 4 is 56.8 Å². The Hall–Kier alpha value is -4.03. The van der Waals surface area contributed by atoms with Crippen LogP contribution in [0.15, 0.2) is 95.9 Å². The highest BCUT2D eigenvalue weighted by Gasteiger charge is 2.17. The van der Waals surface area contributed by atoms with Gasteiger partial charge in [0.1, 0.15) is 0 Å². The van der Waals surface area contributed by atoms with Gasteiger partial charge in [-0.05, 0) is 75.4 Å². The SMILES string of the molecule is CCn1c2ccccc2c2cc(NC(=O)C(C)Sc3cccc(NC(=O)c4ccc(C)cc4)c3)ccc21. The van der Waals surface area contributed by atoms with E-state index < -0.39 is 0 Å². The number of anilines is 2. The van der Waals surface area contributed by atoms with Gasteiger partial charge in [-0.2, -0.15) is 0 Å². The molecule has 37 heavy (non-hydrogen) atoms. The van der Waals surface area contributed by atoms with E-state index in [-0.39, 0.29) is 17.1 Å². The zero-order valence-corrected chi connectivity index (χ0v) is 21.9. The van der Waals surface area contributed by atoms with Gasteiger partial charge in [-0.1, -0.05) is 42.0 Å². The molecule has 1 aromatic heterocycles. The number of hydrogen-bond donors (Lipinski definition) is 2. The molecule has 186 valence electrons. The molecule has 4 aromatic carbocycles. The lowest BCUT2D eigenvalue weighted by Crippen LogP contribution is -2.22. The molecular weight excluding hydrogens is 478 g/mol. The molecule has 0 radical (unpaired) electrons. The van der Waals surface area contributed by atoms with Gasteiger partial charge in [0.2, 0.25) is 5.91 Å². The van der Waals surface area contributed by atoms with Crippen LogP contribution in [-0.2, 0) is 11.3 Å². The first-order chi connectivity index (χ1) is 17.9. The number of para-hydroxylation sites is 1. The van der Waals surface area contributed by atoms with E-state index in [2.05, 4.69) is 52.5 Å². The number of nitrogens with zero attached hydrogens (tertiary/aromatic N) is 1. The molecule has 0 spiro atoms. The average Bonchev–Trinajstić information content (AvgIpc) is 3.22. The van der Waals surface area contributed by atoms with Gasteiger partial charge < -0.3 is 15.2 Å². The number of fused-ring (bicyclic) bond motifs is 3. The van der Waals surface area contributed by atoms with E-state index in [4.69, 9.17) is 0 Å². The fourth-order valence-electron chi connectivity index (χ4n) is 4.53. The molecule has 0 aliphatic carbocycles. The van der Waals surface area contributed by atoms with Gasteiger partial charge in [0.05, 0.1) is 5.25 Å². The molecule has 1 atom stereocenters. The number of aromatic nitrogens is 1. The molecule has 2 amide bonds. The molecule has 0 saturated carbocycles. The third-order valence-electron chi connectivity index (χ3n) is 6.44. The maximum atomic E-state index is 13.0. The normalized spacial score (nSPS) is 12.0. The summed E-state index contributed by atoms with van der Waals surface area (Å²) in [7, 11) is 0. The largest absolute Gasteiger partial charge is 0.341 e. The van der Waals surface area contributed by atoms with Crippen LogP contribution in [0.1, 0.15) is 29.8 Å². The molecule has 5 aromatic rings. The Bertz CT molecular complexity index is 1600. The zero-order valence-electron chi connectivity index (χ0n) is 21.1. The van der Waals surface area contributed by atoms with Crippen molar-refractivity contribution in [2.45, 2.75) is 37.5 Å². The molecule has 1 unspecified atom stereocenters. The van der Waals surface area contributed by atoms with E-state index in [1.54, 1.807) is 0 Å². The summed E-state index contributed by atoms with van der Waals surface area (Å²) in [6.07, 6.45) is 0. The molecular formula is C31H29N3O2S. The first-order valence-electron chi connectivity index (χ1n) is 12.4. The minimum atomic E-state index is -0.323.